The molecular weight excluding hydrogens is 332 g/mol. The van der Waals surface area contributed by atoms with Gasteiger partial charge in [0.1, 0.15) is 5.52 Å². The van der Waals surface area contributed by atoms with Gasteiger partial charge < -0.3 is 15.0 Å². The first-order valence-electron chi connectivity index (χ1n) is 9.33. The summed E-state index contributed by atoms with van der Waals surface area (Å²) in [5.74, 6) is 3.09. The van der Waals surface area contributed by atoms with E-state index in [2.05, 4.69) is 40.1 Å². The lowest BCUT2D eigenvalue weighted by Crippen LogP contribution is -2.14. The van der Waals surface area contributed by atoms with Crippen molar-refractivity contribution in [3.63, 3.8) is 0 Å². The number of imidazole rings is 1. The minimum atomic E-state index is 0.295. The van der Waals surface area contributed by atoms with Crippen LogP contribution in [0.25, 0.3) is 11.0 Å². The summed E-state index contributed by atoms with van der Waals surface area (Å²) in [5, 5.41) is 0. The topological polar surface area (TPSA) is 66.0 Å². The molecule has 140 valence electrons. The van der Waals surface area contributed by atoms with Gasteiger partial charge in [0.15, 0.2) is 5.82 Å². The molecule has 0 saturated heterocycles. The van der Waals surface area contributed by atoms with Gasteiger partial charge in [-0.2, -0.15) is 11.8 Å². The Morgan fingerprint density at radius 3 is 2.76 bits per heavy atom. The molecule has 2 N–H and O–H groups in total. The van der Waals surface area contributed by atoms with Gasteiger partial charge >= 0.3 is 0 Å². The Balaban J connectivity index is 1.92. The fraction of sp³-hybridized carbons (Fsp3) is 0.684. The van der Waals surface area contributed by atoms with Crippen LogP contribution in [-0.4, -0.2) is 39.8 Å². The van der Waals surface area contributed by atoms with Gasteiger partial charge in [0.25, 0.3) is 0 Å². The molecule has 6 heteroatoms. The Hall–Kier alpha value is -1.27. The molecule has 25 heavy (non-hydrogen) atoms. The molecule has 5 nitrogen and oxygen atoms in total. The summed E-state index contributed by atoms with van der Waals surface area (Å²) in [6.07, 6.45) is 11.2. The van der Waals surface area contributed by atoms with Crippen molar-refractivity contribution in [2.24, 2.45) is 0 Å². The van der Waals surface area contributed by atoms with Crippen LogP contribution in [0.4, 0.5) is 5.82 Å². The van der Waals surface area contributed by atoms with E-state index in [1.165, 1.54) is 43.6 Å². The van der Waals surface area contributed by atoms with Gasteiger partial charge in [-0.25, -0.2) is 9.97 Å². The van der Waals surface area contributed by atoms with Crippen molar-refractivity contribution in [1.82, 2.24) is 14.5 Å². The lowest BCUT2D eigenvalue weighted by molar-refractivity contribution is 0.151. The number of nitrogen functional groups attached to an aromatic ring is 1. The lowest BCUT2D eigenvalue weighted by atomic mass is 10.1. The van der Waals surface area contributed by atoms with Gasteiger partial charge in [0.2, 0.25) is 0 Å². The van der Waals surface area contributed by atoms with Crippen LogP contribution in [0.1, 0.15) is 57.1 Å². The molecule has 1 atom stereocenters. The highest BCUT2D eigenvalue weighted by molar-refractivity contribution is 7.99. The number of fused-ring (bicyclic) bond motifs is 1. The molecule has 0 aliphatic carbocycles. The first-order valence-corrected chi connectivity index (χ1v) is 10.5. The highest BCUT2D eigenvalue weighted by Crippen LogP contribution is 2.27. The van der Waals surface area contributed by atoms with Crippen LogP contribution in [0.5, 0.6) is 0 Å². The number of methoxy groups -OCH3 is 1. The minimum absolute atomic E-state index is 0.295. The van der Waals surface area contributed by atoms with Crippen molar-refractivity contribution in [1.29, 1.82) is 0 Å². The van der Waals surface area contributed by atoms with Gasteiger partial charge in [0.05, 0.1) is 24.5 Å². The Bertz CT molecular complexity index is 644. The van der Waals surface area contributed by atoms with Gasteiger partial charge in [-0.1, -0.05) is 26.2 Å². The summed E-state index contributed by atoms with van der Waals surface area (Å²) in [6, 6.07) is 0.295. The summed E-state index contributed by atoms with van der Waals surface area (Å²) in [5.41, 5.74) is 8.98. The van der Waals surface area contributed by atoms with Crippen LogP contribution in [-0.2, 0) is 4.74 Å². The highest BCUT2D eigenvalue weighted by Gasteiger charge is 2.17. The molecule has 0 aliphatic rings. The summed E-state index contributed by atoms with van der Waals surface area (Å²) in [6.45, 7) is 5.00. The van der Waals surface area contributed by atoms with E-state index in [1.807, 2.05) is 12.5 Å². The molecule has 0 fully saturated rings. The van der Waals surface area contributed by atoms with E-state index in [9.17, 15) is 0 Å². The Morgan fingerprint density at radius 2 is 2.00 bits per heavy atom. The first kappa shape index (κ1) is 20.0. The third-order valence-electron chi connectivity index (χ3n) is 4.53. The molecule has 0 aliphatic heterocycles. The standard InChI is InChI=1S/C19H32N4OS/c1-4-5-10-25-11-8-6-7-9-16(13-24-3)23-14-22-17-18(23)15(2)12-21-19(17)20/h12,14,16H,4-11,13H2,1-3H3,(H2,20,21). The van der Waals surface area contributed by atoms with Crippen LogP contribution in [0, 0.1) is 6.92 Å². The maximum absolute atomic E-state index is 5.98. The number of ether oxygens (including phenoxy) is 1. The summed E-state index contributed by atoms with van der Waals surface area (Å²) in [7, 11) is 1.76. The van der Waals surface area contributed by atoms with Crippen molar-refractivity contribution in [2.45, 2.75) is 58.4 Å². The molecule has 2 heterocycles. The number of rotatable bonds is 12. The van der Waals surface area contributed by atoms with Crippen LogP contribution in [0.15, 0.2) is 12.5 Å². The zero-order chi connectivity index (χ0) is 18.1. The maximum atomic E-state index is 5.98. The monoisotopic (exact) mass is 364 g/mol. The number of nitrogens with zero attached hydrogens (tertiary/aromatic N) is 3. The fourth-order valence-electron chi connectivity index (χ4n) is 3.11. The van der Waals surface area contributed by atoms with Gasteiger partial charge in [0, 0.05) is 13.3 Å². The quantitative estimate of drug-likeness (QED) is 0.557. The van der Waals surface area contributed by atoms with Gasteiger partial charge in [-0.3, -0.25) is 0 Å². The second-order valence-corrected chi connectivity index (χ2v) is 7.82. The number of hydrogen-bond acceptors (Lipinski definition) is 5. The summed E-state index contributed by atoms with van der Waals surface area (Å²) >= 11 is 2.09. The molecule has 2 rings (SSSR count). The second kappa shape index (κ2) is 10.7. The molecule has 0 saturated carbocycles. The van der Waals surface area contributed by atoms with Crippen molar-refractivity contribution in [3.05, 3.63) is 18.1 Å². The number of thioether (sulfide) groups is 1. The predicted octanol–water partition coefficient (Wildman–Crippen LogP) is 4.60. The fourth-order valence-corrected chi connectivity index (χ4v) is 4.21. The molecule has 0 radical (unpaired) electrons. The number of pyridine rings is 1. The molecule has 0 amide bonds. The van der Waals surface area contributed by atoms with E-state index in [-0.39, 0.29) is 0 Å². The molecule has 2 aromatic heterocycles. The lowest BCUT2D eigenvalue weighted by Gasteiger charge is -2.19. The van der Waals surface area contributed by atoms with E-state index >= 15 is 0 Å². The zero-order valence-electron chi connectivity index (χ0n) is 15.8. The predicted molar refractivity (Wildman–Crippen MR) is 108 cm³/mol. The number of unbranched alkanes of at least 4 members (excludes halogenated alkanes) is 3. The van der Waals surface area contributed by atoms with Crippen molar-refractivity contribution in [3.8, 4) is 0 Å². The molecule has 2 aromatic rings. The van der Waals surface area contributed by atoms with Gasteiger partial charge in [-0.15, -0.1) is 0 Å². The van der Waals surface area contributed by atoms with Crippen LogP contribution >= 0.6 is 11.8 Å². The smallest absolute Gasteiger partial charge is 0.151 e. The van der Waals surface area contributed by atoms with E-state index < -0.39 is 0 Å². The number of anilines is 1. The number of aromatic nitrogens is 3. The first-order chi connectivity index (χ1) is 12.2. The zero-order valence-corrected chi connectivity index (χ0v) is 16.6. The Kier molecular flexibility index (Phi) is 8.55. The average Bonchev–Trinajstić information content (AvgIpc) is 3.06. The van der Waals surface area contributed by atoms with Crippen molar-refractivity contribution < 1.29 is 4.74 Å². The summed E-state index contributed by atoms with van der Waals surface area (Å²) < 4.78 is 7.69. The SMILES string of the molecule is CCCCSCCCCCC(COC)n1cnc2c(N)ncc(C)c21. The van der Waals surface area contributed by atoms with Crippen LogP contribution in [0.2, 0.25) is 0 Å². The second-order valence-electron chi connectivity index (χ2n) is 6.60. The molecule has 0 spiro atoms. The normalized spacial score (nSPS) is 12.8. The number of aryl methyl sites for hydroxylation is 1. The van der Waals surface area contributed by atoms with Crippen molar-refractivity contribution in [2.75, 3.05) is 31.0 Å². The molecule has 0 bridgehead atoms. The number of nitrogens with two attached hydrogens (primary N) is 1. The van der Waals surface area contributed by atoms with E-state index in [0.717, 1.165) is 23.0 Å². The van der Waals surface area contributed by atoms with Crippen molar-refractivity contribution >= 4 is 28.6 Å². The minimum Gasteiger partial charge on any atom is -0.383 e. The van der Waals surface area contributed by atoms with E-state index in [1.54, 1.807) is 7.11 Å². The van der Waals surface area contributed by atoms with Crippen LogP contribution in [0.3, 0.4) is 0 Å². The largest absolute Gasteiger partial charge is 0.383 e. The van der Waals surface area contributed by atoms with Gasteiger partial charge in [-0.05, 0) is 43.3 Å². The highest BCUT2D eigenvalue weighted by atomic mass is 32.2. The molecule has 1 unspecified atom stereocenters. The van der Waals surface area contributed by atoms with E-state index in [4.69, 9.17) is 10.5 Å². The van der Waals surface area contributed by atoms with Crippen LogP contribution < -0.4 is 5.73 Å². The maximum Gasteiger partial charge on any atom is 0.151 e. The molecular formula is C19H32N4OS. The number of hydrogen-bond donors (Lipinski definition) is 1. The third-order valence-corrected chi connectivity index (χ3v) is 5.68. The third kappa shape index (κ3) is 5.61. The average molecular weight is 365 g/mol. The molecule has 0 aromatic carbocycles. The van der Waals surface area contributed by atoms with E-state index in [0.29, 0.717) is 18.5 Å². The Labute approximate surface area is 155 Å². The summed E-state index contributed by atoms with van der Waals surface area (Å²) in [4.78, 5) is 8.70. The Morgan fingerprint density at radius 1 is 1.20 bits per heavy atom.